The van der Waals surface area contributed by atoms with Crippen molar-refractivity contribution in [1.82, 2.24) is 0 Å². The standard InChI is InChI=1S/C9H20O2/c1-7(2)6-9(5,11)8(3,4)10/h7,10-11H,6H2,1-5H3. The maximum absolute atomic E-state index is 9.77. The van der Waals surface area contributed by atoms with Gasteiger partial charge in [0.2, 0.25) is 0 Å². The van der Waals surface area contributed by atoms with E-state index in [1.807, 2.05) is 13.8 Å². The van der Waals surface area contributed by atoms with Crippen LogP contribution in [0, 0.1) is 5.92 Å². The fourth-order valence-corrected chi connectivity index (χ4v) is 1.04. The maximum Gasteiger partial charge on any atom is 0.0902 e. The SMILES string of the molecule is CC(C)CC(C)(O)C(C)(C)O. The molecule has 0 saturated heterocycles. The molecule has 0 bridgehead atoms. The Hall–Kier alpha value is -0.0800. The monoisotopic (exact) mass is 160 g/mol. The molecule has 0 aromatic rings. The van der Waals surface area contributed by atoms with Gasteiger partial charge in [-0.15, -0.1) is 0 Å². The van der Waals surface area contributed by atoms with Gasteiger partial charge in [0.15, 0.2) is 0 Å². The van der Waals surface area contributed by atoms with E-state index >= 15 is 0 Å². The molecule has 0 aliphatic heterocycles. The van der Waals surface area contributed by atoms with Gasteiger partial charge in [0.25, 0.3) is 0 Å². The minimum atomic E-state index is -1.02. The highest BCUT2D eigenvalue weighted by molar-refractivity contribution is 4.89. The number of hydrogen-bond donors (Lipinski definition) is 2. The Labute approximate surface area is 69.2 Å². The second-order valence-corrected chi connectivity index (χ2v) is 4.43. The van der Waals surface area contributed by atoms with Crippen LogP contribution in [0.25, 0.3) is 0 Å². The molecule has 2 heteroatoms. The minimum absolute atomic E-state index is 0.399. The smallest absolute Gasteiger partial charge is 0.0902 e. The predicted octanol–water partition coefficient (Wildman–Crippen LogP) is 1.55. The Morgan fingerprint density at radius 3 is 1.55 bits per heavy atom. The second-order valence-electron chi connectivity index (χ2n) is 4.43. The van der Waals surface area contributed by atoms with Gasteiger partial charge in [0.05, 0.1) is 11.2 Å². The Bertz CT molecular complexity index is 120. The lowest BCUT2D eigenvalue weighted by Crippen LogP contribution is -2.48. The quantitative estimate of drug-likeness (QED) is 0.657. The van der Waals surface area contributed by atoms with Crippen LogP contribution >= 0.6 is 0 Å². The van der Waals surface area contributed by atoms with Crippen LogP contribution in [0.3, 0.4) is 0 Å². The van der Waals surface area contributed by atoms with Crippen LogP contribution in [-0.4, -0.2) is 21.4 Å². The fourth-order valence-electron chi connectivity index (χ4n) is 1.04. The summed E-state index contributed by atoms with van der Waals surface area (Å²) in [6.07, 6.45) is 0.622. The molecule has 0 fully saturated rings. The molecular weight excluding hydrogens is 140 g/mol. The zero-order chi connectivity index (χ0) is 9.28. The lowest BCUT2D eigenvalue weighted by atomic mass is 9.81. The summed E-state index contributed by atoms with van der Waals surface area (Å²) in [6, 6.07) is 0. The highest BCUT2D eigenvalue weighted by Gasteiger charge is 2.37. The summed E-state index contributed by atoms with van der Waals surface area (Å²) in [5, 5.41) is 19.3. The molecule has 2 N–H and O–H groups in total. The predicted molar refractivity (Wildman–Crippen MR) is 46.4 cm³/mol. The van der Waals surface area contributed by atoms with Gasteiger partial charge in [-0.25, -0.2) is 0 Å². The first kappa shape index (κ1) is 10.9. The fraction of sp³-hybridized carbons (Fsp3) is 1.00. The van der Waals surface area contributed by atoms with Gasteiger partial charge in [-0.1, -0.05) is 13.8 Å². The third kappa shape index (κ3) is 3.21. The third-order valence-electron chi connectivity index (χ3n) is 2.12. The zero-order valence-electron chi connectivity index (χ0n) is 8.18. The van der Waals surface area contributed by atoms with E-state index in [0.717, 1.165) is 0 Å². The number of hydrogen-bond acceptors (Lipinski definition) is 2. The molecule has 0 aliphatic rings. The van der Waals surface area contributed by atoms with Crippen molar-refractivity contribution >= 4 is 0 Å². The molecule has 68 valence electrons. The van der Waals surface area contributed by atoms with Crippen LogP contribution in [0.4, 0.5) is 0 Å². The summed E-state index contributed by atoms with van der Waals surface area (Å²) in [6.45, 7) is 9.00. The van der Waals surface area contributed by atoms with E-state index in [9.17, 15) is 10.2 Å². The van der Waals surface area contributed by atoms with Gasteiger partial charge >= 0.3 is 0 Å². The van der Waals surface area contributed by atoms with E-state index in [1.54, 1.807) is 20.8 Å². The van der Waals surface area contributed by atoms with Crippen molar-refractivity contribution in [2.24, 2.45) is 5.92 Å². The minimum Gasteiger partial charge on any atom is -0.387 e. The van der Waals surface area contributed by atoms with Crippen LogP contribution in [0.15, 0.2) is 0 Å². The molecular formula is C9H20O2. The van der Waals surface area contributed by atoms with E-state index in [0.29, 0.717) is 12.3 Å². The van der Waals surface area contributed by atoms with Crippen molar-refractivity contribution in [2.45, 2.75) is 52.2 Å². The van der Waals surface area contributed by atoms with E-state index < -0.39 is 11.2 Å². The number of aliphatic hydroxyl groups is 2. The summed E-state index contributed by atoms with van der Waals surface area (Å²) in [7, 11) is 0. The van der Waals surface area contributed by atoms with Crippen molar-refractivity contribution in [3.63, 3.8) is 0 Å². The topological polar surface area (TPSA) is 40.5 Å². The highest BCUT2D eigenvalue weighted by atomic mass is 16.3. The summed E-state index contributed by atoms with van der Waals surface area (Å²) >= 11 is 0. The highest BCUT2D eigenvalue weighted by Crippen LogP contribution is 2.27. The first-order chi connectivity index (χ1) is 4.67. The average Bonchev–Trinajstić information content (AvgIpc) is 1.56. The molecule has 0 aromatic carbocycles. The molecule has 0 radical (unpaired) electrons. The van der Waals surface area contributed by atoms with Gasteiger partial charge in [-0.3, -0.25) is 0 Å². The summed E-state index contributed by atoms with van der Waals surface area (Å²) in [5.74, 6) is 0.399. The van der Waals surface area contributed by atoms with Crippen molar-refractivity contribution in [3.8, 4) is 0 Å². The Morgan fingerprint density at radius 2 is 1.45 bits per heavy atom. The second kappa shape index (κ2) is 3.11. The lowest BCUT2D eigenvalue weighted by molar-refractivity contribution is -0.129. The van der Waals surface area contributed by atoms with Gasteiger partial charge in [-0.2, -0.15) is 0 Å². The maximum atomic E-state index is 9.77. The molecule has 2 nitrogen and oxygen atoms in total. The lowest BCUT2D eigenvalue weighted by Gasteiger charge is -2.36. The third-order valence-corrected chi connectivity index (χ3v) is 2.12. The number of rotatable bonds is 3. The van der Waals surface area contributed by atoms with Gasteiger partial charge in [0.1, 0.15) is 0 Å². The molecule has 0 rings (SSSR count). The van der Waals surface area contributed by atoms with E-state index in [-0.39, 0.29) is 0 Å². The molecule has 0 aromatic heterocycles. The molecule has 1 atom stereocenters. The summed E-state index contributed by atoms with van der Waals surface area (Å²) < 4.78 is 0. The van der Waals surface area contributed by atoms with Crippen LogP contribution in [0.5, 0.6) is 0 Å². The molecule has 1 unspecified atom stereocenters. The van der Waals surface area contributed by atoms with Crippen LogP contribution < -0.4 is 0 Å². The average molecular weight is 160 g/mol. The first-order valence-electron chi connectivity index (χ1n) is 4.11. The molecule has 0 aliphatic carbocycles. The zero-order valence-corrected chi connectivity index (χ0v) is 8.18. The van der Waals surface area contributed by atoms with E-state index in [1.165, 1.54) is 0 Å². The Morgan fingerprint density at radius 1 is 1.09 bits per heavy atom. The van der Waals surface area contributed by atoms with Gasteiger partial charge in [-0.05, 0) is 33.1 Å². The summed E-state index contributed by atoms with van der Waals surface area (Å²) in [4.78, 5) is 0. The largest absolute Gasteiger partial charge is 0.387 e. The molecule has 0 spiro atoms. The molecule has 0 amide bonds. The van der Waals surface area contributed by atoms with E-state index in [2.05, 4.69) is 0 Å². The van der Waals surface area contributed by atoms with Crippen molar-refractivity contribution in [2.75, 3.05) is 0 Å². The van der Waals surface area contributed by atoms with Gasteiger partial charge in [0, 0.05) is 0 Å². The van der Waals surface area contributed by atoms with Gasteiger partial charge < -0.3 is 10.2 Å². The van der Waals surface area contributed by atoms with Crippen LogP contribution in [-0.2, 0) is 0 Å². The van der Waals surface area contributed by atoms with Crippen molar-refractivity contribution in [3.05, 3.63) is 0 Å². The van der Waals surface area contributed by atoms with Crippen LogP contribution in [0.1, 0.15) is 41.0 Å². The summed E-state index contributed by atoms with van der Waals surface area (Å²) in [5.41, 5.74) is -2.00. The molecule has 11 heavy (non-hydrogen) atoms. The van der Waals surface area contributed by atoms with Crippen molar-refractivity contribution in [1.29, 1.82) is 0 Å². The Balaban J connectivity index is 4.22. The van der Waals surface area contributed by atoms with E-state index in [4.69, 9.17) is 0 Å². The molecule has 0 heterocycles. The molecule has 0 saturated carbocycles. The first-order valence-corrected chi connectivity index (χ1v) is 4.11. The normalized spacial score (nSPS) is 18.5. The van der Waals surface area contributed by atoms with Crippen LogP contribution in [0.2, 0.25) is 0 Å². The Kier molecular flexibility index (Phi) is 3.09. The van der Waals surface area contributed by atoms with Crippen molar-refractivity contribution < 1.29 is 10.2 Å².